The Morgan fingerprint density at radius 1 is 1.44 bits per heavy atom. The zero-order chi connectivity index (χ0) is 13.7. The highest BCUT2D eigenvalue weighted by molar-refractivity contribution is 5.96. The fraction of sp³-hybridized carbons (Fsp3) is 0.308. The third-order valence-corrected chi connectivity index (χ3v) is 2.41. The molecule has 0 aliphatic rings. The first kappa shape index (κ1) is 13.8. The van der Waals surface area contributed by atoms with Crippen LogP contribution in [0.25, 0.3) is 0 Å². The average Bonchev–Trinajstić information content (AvgIpc) is 2.31. The van der Waals surface area contributed by atoms with Gasteiger partial charge in [0.2, 0.25) is 5.91 Å². The molecule has 1 aromatic rings. The van der Waals surface area contributed by atoms with Crippen LogP contribution in [0.15, 0.2) is 18.2 Å². The molecule has 1 aromatic carbocycles. The van der Waals surface area contributed by atoms with Crippen LogP contribution in [0.5, 0.6) is 0 Å². The Bertz CT molecular complexity index is 520. The summed E-state index contributed by atoms with van der Waals surface area (Å²) in [7, 11) is 1.49. The van der Waals surface area contributed by atoms with Crippen LogP contribution in [0.1, 0.15) is 24.5 Å². The van der Waals surface area contributed by atoms with Crippen molar-refractivity contribution >= 4 is 11.7 Å². The van der Waals surface area contributed by atoms with Crippen LogP contribution < -0.4 is 0 Å². The molecule has 94 valence electrons. The molecule has 0 bridgehead atoms. The van der Waals surface area contributed by atoms with Crippen molar-refractivity contribution in [2.24, 2.45) is 0 Å². The number of ketones is 1. The predicted molar refractivity (Wildman–Crippen MR) is 62.9 cm³/mol. The highest BCUT2D eigenvalue weighted by atomic mass is 19.1. The molecule has 0 saturated heterocycles. The van der Waals surface area contributed by atoms with Gasteiger partial charge in [-0.15, -0.1) is 0 Å². The molecule has 0 N–H and O–H groups in total. The molecule has 0 atom stereocenters. The molecule has 0 heterocycles. The Labute approximate surface area is 105 Å². The van der Waals surface area contributed by atoms with Gasteiger partial charge >= 0.3 is 0 Å². The van der Waals surface area contributed by atoms with Crippen LogP contribution in [0.4, 0.5) is 4.39 Å². The van der Waals surface area contributed by atoms with E-state index in [9.17, 15) is 14.0 Å². The van der Waals surface area contributed by atoms with Crippen molar-refractivity contribution in [1.82, 2.24) is 4.90 Å². The third-order valence-electron chi connectivity index (χ3n) is 2.41. The molecule has 1 rings (SSSR count). The van der Waals surface area contributed by atoms with Crippen LogP contribution in [-0.2, 0) is 16.1 Å². The summed E-state index contributed by atoms with van der Waals surface area (Å²) >= 11 is 0. The molecule has 0 aliphatic heterocycles. The minimum atomic E-state index is -0.475. The first-order valence-electron chi connectivity index (χ1n) is 5.36. The number of carbonyl (C=O) groups is 2. The average molecular weight is 248 g/mol. The Morgan fingerprint density at radius 2 is 2.11 bits per heavy atom. The number of halogens is 1. The first-order chi connectivity index (χ1) is 8.43. The molecule has 5 heteroatoms. The molecule has 0 aromatic heterocycles. The molecular formula is C13H13FN2O2. The maximum Gasteiger partial charge on any atom is 0.230 e. The van der Waals surface area contributed by atoms with Crippen molar-refractivity contribution in [2.75, 3.05) is 7.05 Å². The van der Waals surface area contributed by atoms with Crippen molar-refractivity contribution in [2.45, 2.75) is 19.9 Å². The normalized spacial score (nSPS) is 9.67. The van der Waals surface area contributed by atoms with E-state index < -0.39 is 5.82 Å². The maximum atomic E-state index is 13.5. The van der Waals surface area contributed by atoms with Gasteiger partial charge in [-0.05, 0) is 25.1 Å². The van der Waals surface area contributed by atoms with Crippen molar-refractivity contribution < 1.29 is 14.0 Å². The van der Waals surface area contributed by atoms with E-state index in [0.29, 0.717) is 5.56 Å². The van der Waals surface area contributed by atoms with Crippen molar-refractivity contribution in [3.8, 4) is 6.07 Å². The van der Waals surface area contributed by atoms with Gasteiger partial charge in [0, 0.05) is 19.2 Å². The summed E-state index contributed by atoms with van der Waals surface area (Å²) < 4.78 is 13.5. The Balaban J connectivity index is 2.81. The summed E-state index contributed by atoms with van der Waals surface area (Å²) in [6.45, 7) is 1.36. The van der Waals surface area contributed by atoms with E-state index in [1.165, 1.54) is 37.1 Å². The third kappa shape index (κ3) is 3.67. The number of rotatable bonds is 4. The molecule has 0 unspecified atom stereocenters. The van der Waals surface area contributed by atoms with Gasteiger partial charge in [-0.3, -0.25) is 9.59 Å². The lowest BCUT2D eigenvalue weighted by Gasteiger charge is -2.17. The zero-order valence-electron chi connectivity index (χ0n) is 10.2. The lowest BCUT2D eigenvalue weighted by molar-refractivity contribution is -0.134. The standard InChI is InChI=1S/C13H13FN2O2/c1-9(17)5-13(18)16(2)8-11-6-10(7-15)3-4-12(11)14/h3-4,6H,5,8H2,1-2H3. The van der Waals surface area contributed by atoms with Crippen LogP contribution in [0, 0.1) is 17.1 Å². The number of amides is 1. The van der Waals surface area contributed by atoms with Crippen LogP contribution >= 0.6 is 0 Å². The first-order valence-corrected chi connectivity index (χ1v) is 5.36. The van der Waals surface area contributed by atoms with Gasteiger partial charge in [0.25, 0.3) is 0 Å². The SMILES string of the molecule is CC(=O)CC(=O)N(C)Cc1cc(C#N)ccc1F. The Morgan fingerprint density at radius 3 is 2.67 bits per heavy atom. The molecule has 18 heavy (non-hydrogen) atoms. The zero-order valence-corrected chi connectivity index (χ0v) is 10.2. The van der Waals surface area contributed by atoms with Gasteiger partial charge in [-0.1, -0.05) is 0 Å². The number of carbonyl (C=O) groups excluding carboxylic acids is 2. The second-order valence-corrected chi connectivity index (χ2v) is 4.05. The highest BCUT2D eigenvalue weighted by Crippen LogP contribution is 2.12. The molecule has 1 amide bonds. The van der Waals surface area contributed by atoms with Crippen molar-refractivity contribution in [1.29, 1.82) is 5.26 Å². The number of hydrogen-bond acceptors (Lipinski definition) is 3. The fourth-order valence-corrected chi connectivity index (χ4v) is 1.46. The van der Waals surface area contributed by atoms with Gasteiger partial charge in [0.15, 0.2) is 0 Å². The van der Waals surface area contributed by atoms with Gasteiger partial charge < -0.3 is 4.90 Å². The number of hydrogen-bond donors (Lipinski definition) is 0. The summed E-state index contributed by atoms with van der Waals surface area (Å²) in [6, 6.07) is 5.86. The van der Waals surface area contributed by atoms with Crippen LogP contribution in [0.3, 0.4) is 0 Å². The second kappa shape index (κ2) is 5.92. The maximum absolute atomic E-state index is 13.5. The minimum Gasteiger partial charge on any atom is -0.341 e. The molecule has 0 fully saturated rings. The number of nitriles is 1. The van der Waals surface area contributed by atoms with E-state index in [1.54, 1.807) is 0 Å². The van der Waals surface area contributed by atoms with Crippen molar-refractivity contribution in [3.05, 3.63) is 35.1 Å². The Hall–Kier alpha value is -2.22. The van der Waals surface area contributed by atoms with Crippen molar-refractivity contribution in [3.63, 3.8) is 0 Å². The van der Waals surface area contributed by atoms with E-state index >= 15 is 0 Å². The molecule has 4 nitrogen and oxygen atoms in total. The van der Waals surface area contributed by atoms with Crippen LogP contribution in [-0.4, -0.2) is 23.6 Å². The predicted octanol–water partition coefficient (Wildman–Crippen LogP) is 1.63. The van der Waals surface area contributed by atoms with E-state index in [4.69, 9.17) is 5.26 Å². The molecule has 0 saturated carbocycles. The highest BCUT2D eigenvalue weighted by Gasteiger charge is 2.13. The van der Waals surface area contributed by atoms with Gasteiger partial charge in [0.05, 0.1) is 18.1 Å². The fourth-order valence-electron chi connectivity index (χ4n) is 1.46. The van der Waals surface area contributed by atoms with Crippen LogP contribution in [0.2, 0.25) is 0 Å². The van der Waals surface area contributed by atoms with E-state index in [0.717, 1.165) is 0 Å². The number of nitrogens with zero attached hydrogens (tertiary/aromatic N) is 2. The van der Waals surface area contributed by atoms with Gasteiger partial charge in [-0.2, -0.15) is 5.26 Å². The Kier molecular flexibility index (Phi) is 4.55. The monoisotopic (exact) mass is 248 g/mol. The molecular weight excluding hydrogens is 235 g/mol. The summed E-state index contributed by atoms with van der Waals surface area (Å²) in [5.41, 5.74) is 0.590. The summed E-state index contributed by atoms with van der Waals surface area (Å²) in [5.74, 6) is -1.08. The number of benzene rings is 1. The molecule has 0 spiro atoms. The quantitative estimate of drug-likeness (QED) is 0.761. The van der Waals surface area contributed by atoms with Gasteiger partial charge in [0.1, 0.15) is 11.6 Å². The largest absolute Gasteiger partial charge is 0.341 e. The molecule has 0 aliphatic carbocycles. The van der Waals surface area contributed by atoms with Gasteiger partial charge in [-0.25, -0.2) is 4.39 Å². The number of Topliss-reactive ketones (excluding diaryl/α,β-unsaturated/α-hetero) is 1. The molecule has 0 radical (unpaired) electrons. The van der Waals surface area contributed by atoms with E-state index in [1.807, 2.05) is 6.07 Å². The summed E-state index contributed by atoms with van der Waals surface area (Å²) in [4.78, 5) is 23.6. The minimum absolute atomic E-state index is 0.0352. The lowest BCUT2D eigenvalue weighted by Crippen LogP contribution is -2.28. The topological polar surface area (TPSA) is 61.2 Å². The lowest BCUT2D eigenvalue weighted by atomic mass is 10.1. The summed E-state index contributed by atoms with van der Waals surface area (Å²) in [6.07, 6.45) is -0.198. The van der Waals surface area contributed by atoms with E-state index in [2.05, 4.69) is 0 Å². The summed E-state index contributed by atoms with van der Waals surface area (Å²) in [5, 5.41) is 8.72. The van der Waals surface area contributed by atoms with E-state index in [-0.39, 0.29) is 30.2 Å². The smallest absolute Gasteiger partial charge is 0.230 e. The second-order valence-electron chi connectivity index (χ2n) is 4.05.